The van der Waals surface area contributed by atoms with Gasteiger partial charge in [0.2, 0.25) is 5.91 Å². The standard InChI is InChI=1S/C12H12N2O4/c15-12-4-1-8-5-9(14(16)17)2-3-11(8)13(12)6-10-7-18-10/h2-3,5,10H,1,4,6-7H2/t10-/m1/s1. The first kappa shape index (κ1) is 11.2. The number of benzene rings is 1. The molecule has 0 N–H and O–H groups in total. The van der Waals surface area contributed by atoms with Gasteiger partial charge in [-0.05, 0) is 18.1 Å². The van der Waals surface area contributed by atoms with Gasteiger partial charge < -0.3 is 9.64 Å². The largest absolute Gasteiger partial charge is 0.371 e. The Morgan fingerprint density at radius 3 is 2.89 bits per heavy atom. The lowest BCUT2D eigenvalue weighted by Gasteiger charge is -2.28. The van der Waals surface area contributed by atoms with Gasteiger partial charge in [-0.1, -0.05) is 0 Å². The molecule has 2 aliphatic heterocycles. The van der Waals surface area contributed by atoms with Gasteiger partial charge >= 0.3 is 0 Å². The molecule has 0 aromatic heterocycles. The molecule has 2 aliphatic rings. The van der Waals surface area contributed by atoms with Crippen LogP contribution in [0.5, 0.6) is 0 Å². The second-order valence-electron chi connectivity index (χ2n) is 4.53. The van der Waals surface area contributed by atoms with Crippen LogP contribution in [0.25, 0.3) is 0 Å². The summed E-state index contributed by atoms with van der Waals surface area (Å²) in [5.41, 5.74) is 1.72. The molecule has 6 heteroatoms. The minimum absolute atomic E-state index is 0.0619. The highest BCUT2D eigenvalue weighted by atomic mass is 16.6. The number of non-ortho nitro benzene ring substituents is 1. The molecule has 0 bridgehead atoms. The molecular weight excluding hydrogens is 236 g/mol. The second-order valence-corrected chi connectivity index (χ2v) is 4.53. The third-order valence-corrected chi connectivity index (χ3v) is 3.26. The molecule has 0 unspecified atom stereocenters. The fraction of sp³-hybridized carbons (Fsp3) is 0.417. The average molecular weight is 248 g/mol. The van der Waals surface area contributed by atoms with Gasteiger partial charge in [0, 0.05) is 24.2 Å². The number of ether oxygens (including phenoxy) is 1. The summed E-state index contributed by atoms with van der Waals surface area (Å²) in [6.45, 7) is 1.23. The van der Waals surface area contributed by atoms with Crippen molar-refractivity contribution in [3.63, 3.8) is 0 Å². The van der Waals surface area contributed by atoms with Gasteiger partial charge in [-0.15, -0.1) is 0 Å². The minimum atomic E-state index is -0.412. The fourth-order valence-electron chi connectivity index (χ4n) is 2.24. The summed E-state index contributed by atoms with van der Waals surface area (Å²) in [7, 11) is 0. The number of carbonyl (C=O) groups is 1. The number of aryl methyl sites for hydroxylation is 1. The molecule has 0 spiro atoms. The molecule has 0 saturated carbocycles. The lowest BCUT2D eigenvalue weighted by atomic mass is 10.0. The summed E-state index contributed by atoms with van der Waals surface area (Å²) >= 11 is 0. The van der Waals surface area contributed by atoms with Crippen LogP contribution in [0.3, 0.4) is 0 Å². The van der Waals surface area contributed by atoms with Crippen molar-refractivity contribution in [2.75, 3.05) is 18.1 Å². The lowest BCUT2D eigenvalue weighted by Crippen LogP contribution is -2.37. The number of hydrogen-bond donors (Lipinski definition) is 0. The number of epoxide rings is 1. The highest BCUT2D eigenvalue weighted by Crippen LogP contribution is 2.32. The number of fused-ring (bicyclic) bond motifs is 1. The monoisotopic (exact) mass is 248 g/mol. The molecule has 1 aromatic rings. The molecule has 1 saturated heterocycles. The average Bonchev–Trinajstić information content (AvgIpc) is 3.16. The van der Waals surface area contributed by atoms with E-state index >= 15 is 0 Å². The molecule has 18 heavy (non-hydrogen) atoms. The number of nitro benzene ring substituents is 1. The second kappa shape index (κ2) is 4.06. The van der Waals surface area contributed by atoms with Crippen LogP contribution in [0.15, 0.2) is 18.2 Å². The van der Waals surface area contributed by atoms with E-state index in [4.69, 9.17) is 4.74 Å². The van der Waals surface area contributed by atoms with Crippen LogP contribution >= 0.6 is 0 Å². The van der Waals surface area contributed by atoms with Gasteiger partial charge in [-0.2, -0.15) is 0 Å². The van der Waals surface area contributed by atoms with Gasteiger partial charge in [-0.3, -0.25) is 14.9 Å². The summed E-state index contributed by atoms with van der Waals surface area (Å²) < 4.78 is 5.13. The van der Waals surface area contributed by atoms with Crippen LogP contribution in [-0.4, -0.2) is 30.1 Å². The molecule has 0 aliphatic carbocycles. The number of amides is 1. The van der Waals surface area contributed by atoms with Gasteiger partial charge in [0.1, 0.15) is 0 Å². The summed E-state index contributed by atoms with van der Waals surface area (Å²) in [5, 5.41) is 10.7. The molecule has 2 heterocycles. The van der Waals surface area contributed by atoms with E-state index in [0.717, 1.165) is 11.3 Å². The molecule has 1 atom stereocenters. The van der Waals surface area contributed by atoms with Crippen molar-refractivity contribution in [2.45, 2.75) is 18.9 Å². The summed E-state index contributed by atoms with van der Waals surface area (Å²) in [6, 6.07) is 4.66. The van der Waals surface area contributed by atoms with Crippen LogP contribution in [0.2, 0.25) is 0 Å². The number of nitrogens with zero attached hydrogens (tertiary/aromatic N) is 2. The maximum absolute atomic E-state index is 11.9. The molecule has 1 amide bonds. The minimum Gasteiger partial charge on any atom is -0.371 e. The van der Waals surface area contributed by atoms with Crippen molar-refractivity contribution in [1.82, 2.24) is 0 Å². The Morgan fingerprint density at radius 1 is 1.44 bits per heavy atom. The van der Waals surface area contributed by atoms with Crippen LogP contribution in [-0.2, 0) is 16.0 Å². The topological polar surface area (TPSA) is 76.0 Å². The Labute approximate surface area is 103 Å². The van der Waals surface area contributed by atoms with Crippen molar-refractivity contribution in [2.24, 2.45) is 0 Å². The van der Waals surface area contributed by atoms with E-state index in [9.17, 15) is 14.9 Å². The summed E-state index contributed by atoms with van der Waals surface area (Å²) in [5.74, 6) is 0.0619. The quantitative estimate of drug-likeness (QED) is 0.458. The maximum Gasteiger partial charge on any atom is 0.269 e. The normalized spacial score (nSPS) is 21.7. The summed E-state index contributed by atoms with van der Waals surface area (Å²) in [4.78, 5) is 23.9. The van der Waals surface area contributed by atoms with Crippen LogP contribution in [0.1, 0.15) is 12.0 Å². The number of hydrogen-bond acceptors (Lipinski definition) is 4. The molecule has 1 fully saturated rings. The first-order valence-corrected chi connectivity index (χ1v) is 5.84. The van der Waals surface area contributed by atoms with E-state index in [2.05, 4.69) is 0 Å². The molecule has 0 radical (unpaired) electrons. The smallest absolute Gasteiger partial charge is 0.269 e. The van der Waals surface area contributed by atoms with Gasteiger partial charge in [-0.25, -0.2) is 0 Å². The first-order chi connectivity index (χ1) is 8.65. The maximum atomic E-state index is 11.9. The fourth-order valence-corrected chi connectivity index (χ4v) is 2.24. The number of anilines is 1. The lowest BCUT2D eigenvalue weighted by molar-refractivity contribution is -0.384. The van der Waals surface area contributed by atoms with Gasteiger partial charge in [0.15, 0.2) is 0 Å². The predicted molar refractivity (Wildman–Crippen MR) is 63.5 cm³/mol. The molecule has 3 rings (SSSR count). The highest BCUT2D eigenvalue weighted by Gasteiger charge is 2.32. The number of nitro groups is 1. The molecule has 1 aromatic carbocycles. The first-order valence-electron chi connectivity index (χ1n) is 5.84. The Balaban J connectivity index is 1.95. The summed E-state index contributed by atoms with van der Waals surface area (Å²) in [6.07, 6.45) is 1.09. The van der Waals surface area contributed by atoms with Gasteiger partial charge in [0.25, 0.3) is 5.69 Å². The Kier molecular flexibility index (Phi) is 2.52. The Morgan fingerprint density at radius 2 is 2.22 bits per heavy atom. The third kappa shape index (κ3) is 1.95. The highest BCUT2D eigenvalue weighted by molar-refractivity contribution is 5.96. The van der Waals surface area contributed by atoms with Crippen LogP contribution < -0.4 is 4.90 Å². The SMILES string of the molecule is O=C1CCc2cc([N+](=O)[O-])ccc2N1C[C@@H]1CO1. The van der Waals surface area contributed by atoms with Crippen molar-refractivity contribution >= 4 is 17.3 Å². The van der Waals surface area contributed by atoms with Crippen molar-refractivity contribution in [3.05, 3.63) is 33.9 Å². The van der Waals surface area contributed by atoms with Crippen molar-refractivity contribution in [1.29, 1.82) is 0 Å². The van der Waals surface area contributed by atoms with E-state index in [-0.39, 0.29) is 17.7 Å². The molecular formula is C12H12N2O4. The molecule has 94 valence electrons. The number of carbonyl (C=O) groups excluding carboxylic acids is 1. The predicted octanol–water partition coefficient (Wildman–Crippen LogP) is 1.27. The van der Waals surface area contributed by atoms with E-state index in [1.165, 1.54) is 6.07 Å². The zero-order valence-electron chi connectivity index (χ0n) is 9.67. The molecule has 6 nitrogen and oxygen atoms in total. The van der Waals surface area contributed by atoms with Crippen molar-refractivity contribution < 1.29 is 14.5 Å². The van der Waals surface area contributed by atoms with E-state index in [1.807, 2.05) is 0 Å². The zero-order chi connectivity index (χ0) is 12.7. The number of rotatable bonds is 3. The van der Waals surface area contributed by atoms with E-state index in [1.54, 1.807) is 17.0 Å². The van der Waals surface area contributed by atoms with Gasteiger partial charge in [0.05, 0.1) is 24.2 Å². The van der Waals surface area contributed by atoms with Crippen molar-refractivity contribution in [3.8, 4) is 0 Å². The Bertz CT molecular complexity index is 525. The van der Waals surface area contributed by atoms with E-state index in [0.29, 0.717) is 26.0 Å². The van der Waals surface area contributed by atoms with E-state index < -0.39 is 4.92 Å². The third-order valence-electron chi connectivity index (χ3n) is 3.26. The van der Waals surface area contributed by atoms with Crippen LogP contribution in [0.4, 0.5) is 11.4 Å². The zero-order valence-corrected chi connectivity index (χ0v) is 9.67. The Hall–Kier alpha value is -1.95. The van der Waals surface area contributed by atoms with Crippen LogP contribution in [0, 0.1) is 10.1 Å².